The van der Waals surface area contributed by atoms with Crippen LogP contribution in [0.1, 0.15) is 15.9 Å². The summed E-state index contributed by atoms with van der Waals surface area (Å²) in [5.74, 6) is -0.890. The summed E-state index contributed by atoms with van der Waals surface area (Å²) in [7, 11) is 0. The lowest BCUT2D eigenvalue weighted by Crippen LogP contribution is -2.13. The van der Waals surface area contributed by atoms with Gasteiger partial charge in [-0.15, -0.1) is 0 Å². The van der Waals surface area contributed by atoms with Gasteiger partial charge < -0.3 is 11.1 Å². The second-order valence-electron chi connectivity index (χ2n) is 4.00. The minimum atomic E-state index is -0.452. The Morgan fingerprint density at radius 3 is 2.70 bits per heavy atom. The van der Waals surface area contributed by atoms with Crippen molar-refractivity contribution in [1.29, 1.82) is 5.26 Å². The lowest BCUT2D eigenvalue weighted by molar-refractivity contribution is 0.102. The summed E-state index contributed by atoms with van der Waals surface area (Å²) in [5, 5.41) is 11.6. The summed E-state index contributed by atoms with van der Waals surface area (Å²) in [5.41, 5.74) is 6.90. The van der Waals surface area contributed by atoms with Crippen LogP contribution in [0, 0.1) is 17.1 Å². The molecule has 2 aromatic rings. The first kappa shape index (κ1) is 14.0. The molecule has 2 rings (SSSR count). The molecule has 0 heterocycles. The first-order valence-corrected chi connectivity index (χ1v) is 6.36. The van der Waals surface area contributed by atoms with Gasteiger partial charge >= 0.3 is 0 Å². The van der Waals surface area contributed by atoms with Crippen LogP contribution in [0.4, 0.5) is 15.8 Å². The number of hydrogen-bond acceptors (Lipinski definition) is 3. The fraction of sp³-hybridized carbons (Fsp3) is 0. The Hall–Kier alpha value is -2.39. The zero-order valence-corrected chi connectivity index (χ0v) is 11.7. The van der Waals surface area contributed by atoms with Gasteiger partial charge in [-0.25, -0.2) is 4.39 Å². The topological polar surface area (TPSA) is 78.9 Å². The number of nitrogen functional groups attached to an aromatic ring is 1. The molecule has 0 aliphatic carbocycles. The predicted octanol–water partition coefficient (Wildman–Crippen LogP) is 3.29. The van der Waals surface area contributed by atoms with Crippen molar-refractivity contribution in [2.45, 2.75) is 0 Å². The lowest BCUT2D eigenvalue weighted by atomic mass is 10.1. The van der Waals surface area contributed by atoms with Crippen LogP contribution in [0.2, 0.25) is 0 Å². The van der Waals surface area contributed by atoms with Gasteiger partial charge in [-0.1, -0.05) is 0 Å². The van der Waals surface area contributed by atoms with E-state index < -0.39 is 11.7 Å². The minimum absolute atomic E-state index is 0.197. The van der Waals surface area contributed by atoms with Crippen LogP contribution in [0.15, 0.2) is 40.9 Å². The molecule has 4 nitrogen and oxygen atoms in total. The number of halogens is 2. The van der Waals surface area contributed by atoms with E-state index >= 15 is 0 Å². The summed E-state index contributed by atoms with van der Waals surface area (Å²) in [4.78, 5) is 12.0. The normalized spacial score (nSPS) is 9.85. The van der Waals surface area contributed by atoms with Gasteiger partial charge in [0, 0.05) is 11.3 Å². The smallest absolute Gasteiger partial charge is 0.255 e. The highest BCUT2D eigenvalue weighted by Crippen LogP contribution is 2.21. The van der Waals surface area contributed by atoms with Crippen molar-refractivity contribution in [3.05, 3.63) is 57.8 Å². The second-order valence-corrected chi connectivity index (χ2v) is 4.85. The van der Waals surface area contributed by atoms with Gasteiger partial charge in [0.25, 0.3) is 5.91 Å². The number of nitrogens with two attached hydrogens (primary N) is 1. The van der Waals surface area contributed by atoms with E-state index in [2.05, 4.69) is 21.2 Å². The monoisotopic (exact) mass is 333 g/mol. The Morgan fingerprint density at radius 1 is 1.30 bits per heavy atom. The Bertz CT molecular complexity index is 725. The van der Waals surface area contributed by atoms with Crippen LogP contribution in [0.25, 0.3) is 0 Å². The number of nitriles is 1. The number of rotatable bonds is 2. The molecule has 6 heteroatoms. The van der Waals surface area contributed by atoms with Crippen molar-refractivity contribution in [3.63, 3.8) is 0 Å². The van der Waals surface area contributed by atoms with Gasteiger partial charge in [-0.2, -0.15) is 5.26 Å². The number of carbonyl (C=O) groups is 1. The number of hydrogen-bond donors (Lipinski definition) is 2. The second kappa shape index (κ2) is 5.72. The van der Waals surface area contributed by atoms with Crippen molar-refractivity contribution in [1.82, 2.24) is 0 Å². The van der Waals surface area contributed by atoms with Gasteiger partial charge in [-0.05, 0) is 52.3 Å². The maximum Gasteiger partial charge on any atom is 0.255 e. The van der Waals surface area contributed by atoms with E-state index in [-0.39, 0.29) is 15.6 Å². The van der Waals surface area contributed by atoms with Crippen molar-refractivity contribution in [3.8, 4) is 6.07 Å². The molecule has 3 N–H and O–H groups in total. The van der Waals surface area contributed by atoms with Gasteiger partial charge in [0.15, 0.2) is 0 Å². The first-order chi connectivity index (χ1) is 9.51. The van der Waals surface area contributed by atoms with E-state index in [1.807, 2.05) is 6.07 Å². The summed E-state index contributed by atoms with van der Waals surface area (Å²) in [6, 6.07) is 10.5. The summed E-state index contributed by atoms with van der Waals surface area (Å²) >= 11 is 3.01. The van der Waals surface area contributed by atoms with Gasteiger partial charge in [0.2, 0.25) is 0 Å². The standard InChI is InChI=1S/C14H9BrFN3O/c15-11-6-8(1-3-12(11)16)14(20)19-13-4-2-10(18)5-9(13)7-17/h1-6H,18H2,(H,19,20). The molecule has 0 aliphatic rings. The van der Waals surface area contributed by atoms with E-state index in [4.69, 9.17) is 11.0 Å². The Morgan fingerprint density at radius 2 is 2.05 bits per heavy atom. The highest BCUT2D eigenvalue weighted by Gasteiger charge is 2.11. The quantitative estimate of drug-likeness (QED) is 0.827. The van der Waals surface area contributed by atoms with E-state index in [9.17, 15) is 9.18 Å². The van der Waals surface area contributed by atoms with Crippen LogP contribution in [-0.2, 0) is 0 Å². The van der Waals surface area contributed by atoms with Crippen LogP contribution >= 0.6 is 15.9 Å². The third-order valence-electron chi connectivity index (χ3n) is 2.59. The molecular weight excluding hydrogens is 325 g/mol. The third kappa shape index (κ3) is 2.95. The molecule has 1 amide bonds. The first-order valence-electron chi connectivity index (χ1n) is 5.57. The van der Waals surface area contributed by atoms with Crippen LogP contribution < -0.4 is 11.1 Å². The maximum absolute atomic E-state index is 13.1. The highest BCUT2D eigenvalue weighted by atomic mass is 79.9. The van der Waals surface area contributed by atoms with Gasteiger partial charge in [0.05, 0.1) is 15.7 Å². The molecule has 0 radical (unpaired) electrons. The van der Waals surface area contributed by atoms with Crippen LogP contribution in [0.5, 0.6) is 0 Å². The number of carbonyl (C=O) groups excluding carboxylic acids is 1. The molecule has 0 unspecified atom stereocenters. The van der Waals surface area contributed by atoms with Gasteiger partial charge in [-0.3, -0.25) is 4.79 Å². The molecule has 0 spiro atoms. The van der Waals surface area contributed by atoms with E-state index in [0.717, 1.165) is 0 Å². The largest absolute Gasteiger partial charge is 0.399 e. The molecule has 0 aromatic heterocycles. The lowest BCUT2D eigenvalue weighted by Gasteiger charge is -2.08. The molecular formula is C14H9BrFN3O. The molecule has 2 aromatic carbocycles. The summed E-state index contributed by atoms with van der Waals surface area (Å²) in [6.45, 7) is 0. The zero-order chi connectivity index (χ0) is 14.7. The SMILES string of the molecule is N#Cc1cc(N)ccc1NC(=O)c1ccc(F)c(Br)c1. The van der Waals surface area contributed by atoms with E-state index in [1.54, 1.807) is 12.1 Å². The average molecular weight is 334 g/mol. The molecule has 0 aliphatic heterocycles. The molecule has 100 valence electrons. The van der Waals surface area contributed by atoms with Crippen molar-refractivity contribution in [2.75, 3.05) is 11.1 Å². The third-order valence-corrected chi connectivity index (χ3v) is 3.20. The number of nitrogens with zero attached hydrogens (tertiary/aromatic N) is 1. The molecule has 0 fully saturated rings. The van der Waals surface area contributed by atoms with E-state index in [0.29, 0.717) is 11.4 Å². The van der Waals surface area contributed by atoms with Crippen LogP contribution in [-0.4, -0.2) is 5.91 Å². The molecule has 0 atom stereocenters. The van der Waals surface area contributed by atoms with Crippen molar-refractivity contribution >= 4 is 33.2 Å². The van der Waals surface area contributed by atoms with Crippen molar-refractivity contribution in [2.24, 2.45) is 0 Å². The Labute approximate surface area is 123 Å². The molecule has 20 heavy (non-hydrogen) atoms. The molecule has 0 saturated heterocycles. The fourth-order valence-corrected chi connectivity index (χ4v) is 1.97. The number of nitrogens with one attached hydrogen (secondary N) is 1. The number of amides is 1. The van der Waals surface area contributed by atoms with E-state index in [1.165, 1.54) is 24.3 Å². The highest BCUT2D eigenvalue weighted by molar-refractivity contribution is 9.10. The number of benzene rings is 2. The summed E-state index contributed by atoms with van der Waals surface area (Å²) in [6.07, 6.45) is 0. The predicted molar refractivity (Wildman–Crippen MR) is 77.6 cm³/mol. The van der Waals surface area contributed by atoms with Crippen LogP contribution in [0.3, 0.4) is 0 Å². The number of anilines is 2. The molecule has 0 saturated carbocycles. The Kier molecular flexibility index (Phi) is 4.01. The van der Waals surface area contributed by atoms with Gasteiger partial charge in [0.1, 0.15) is 11.9 Å². The van der Waals surface area contributed by atoms with Crippen molar-refractivity contribution < 1.29 is 9.18 Å². The summed E-state index contributed by atoms with van der Waals surface area (Å²) < 4.78 is 13.3. The minimum Gasteiger partial charge on any atom is -0.399 e. The Balaban J connectivity index is 2.28. The fourth-order valence-electron chi connectivity index (χ4n) is 1.60. The maximum atomic E-state index is 13.1. The zero-order valence-electron chi connectivity index (χ0n) is 10.2. The molecule has 0 bridgehead atoms. The average Bonchev–Trinajstić information content (AvgIpc) is 2.43.